The molecule has 1 aliphatic rings. The van der Waals surface area contributed by atoms with Crippen molar-refractivity contribution >= 4 is 40.6 Å². The second-order valence-corrected chi connectivity index (χ2v) is 7.28. The summed E-state index contributed by atoms with van der Waals surface area (Å²) in [5.74, 6) is -0.514. The molecule has 3 rings (SSSR count). The fourth-order valence-corrected chi connectivity index (χ4v) is 3.27. The molecule has 1 fully saturated rings. The highest BCUT2D eigenvalue weighted by molar-refractivity contribution is 6.35. The molecule has 1 aromatic heterocycles. The summed E-state index contributed by atoms with van der Waals surface area (Å²) in [7, 11) is 0. The summed E-state index contributed by atoms with van der Waals surface area (Å²) >= 11 is 11.8. The summed E-state index contributed by atoms with van der Waals surface area (Å²) in [6.45, 7) is 0.372. The molecule has 1 aromatic carbocycles. The lowest BCUT2D eigenvalue weighted by Crippen LogP contribution is -2.33. The third kappa shape index (κ3) is 5.05. The molecule has 0 spiro atoms. The summed E-state index contributed by atoms with van der Waals surface area (Å²) in [4.78, 5) is 16.1. The van der Waals surface area contributed by atoms with E-state index in [1.807, 2.05) is 0 Å². The van der Waals surface area contributed by atoms with Gasteiger partial charge in [-0.05, 0) is 43.0 Å². The van der Waals surface area contributed by atoms with Crippen LogP contribution in [0, 0.1) is 5.92 Å². The van der Waals surface area contributed by atoms with Crippen LogP contribution in [0.5, 0.6) is 0 Å². The number of benzene rings is 1. The summed E-state index contributed by atoms with van der Waals surface area (Å²) in [5, 5.41) is 5.94. The van der Waals surface area contributed by atoms with Crippen LogP contribution in [0.1, 0.15) is 35.2 Å². The first-order valence-electron chi connectivity index (χ1n) is 8.31. The van der Waals surface area contributed by atoms with Gasteiger partial charge in [0.25, 0.3) is 5.91 Å². The smallest absolute Gasteiger partial charge is 0.352 e. The molecule has 2 aromatic rings. The van der Waals surface area contributed by atoms with Gasteiger partial charge in [0.05, 0.1) is 11.1 Å². The van der Waals surface area contributed by atoms with Crippen molar-refractivity contribution in [1.29, 1.82) is 0 Å². The van der Waals surface area contributed by atoms with Gasteiger partial charge in [-0.15, -0.1) is 0 Å². The molecule has 1 amide bonds. The van der Waals surface area contributed by atoms with Crippen LogP contribution in [0.3, 0.4) is 0 Å². The van der Waals surface area contributed by atoms with E-state index in [0.717, 1.165) is 31.5 Å². The van der Waals surface area contributed by atoms with Crippen molar-refractivity contribution in [2.24, 2.45) is 5.92 Å². The minimum absolute atomic E-state index is 0.0730. The van der Waals surface area contributed by atoms with Crippen LogP contribution >= 0.6 is 23.2 Å². The van der Waals surface area contributed by atoms with Gasteiger partial charge in [0, 0.05) is 28.5 Å². The van der Waals surface area contributed by atoms with Crippen LogP contribution in [0.15, 0.2) is 30.5 Å². The lowest BCUT2D eigenvalue weighted by atomic mass is 9.85. The normalized spacial score (nSPS) is 14.6. The average Bonchev–Trinajstić information content (AvgIpc) is 2.51. The molecular weight excluding hydrogens is 402 g/mol. The number of nitrogens with one attached hydrogen (secondary N) is 2. The molecule has 144 valence electrons. The highest BCUT2D eigenvalue weighted by Crippen LogP contribution is 2.34. The Kier molecular flexibility index (Phi) is 5.81. The van der Waals surface area contributed by atoms with Crippen molar-refractivity contribution in [3.8, 4) is 0 Å². The monoisotopic (exact) mass is 417 g/mol. The number of carbonyl (C=O) groups is 1. The van der Waals surface area contributed by atoms with Gasteiger partial charge in [-0.1, -0.05) is 29.6 Å². The standard InChI is InChI=1S/C18H16Cl2F3N3O/c19-11-4-12(20)6-13(5-11)26-16-7-15(18(21,22)23)14(9-24-16)17(27)25-8-10-2-1-3-10/h4-7,9-10H,1-3,8H2,(H,24,26)(H,25,27). The molecule has 0 bridgehead atoms. The van der Waals surface area contributed by atoms with E-state index in [2.05, 4.69) is 15.6 Å². The third-order valence-electron chi connectivity index (χ3n) is 4.36. The molecule has 0 radical (unpaired) electrons. The molecule has 4 nitrogen and oxygen atoms in total. The van der Waals surface area contributed by atoms with Crippen LogP contribution in [0.4, 0.5) is 24.7 Å². The molecule has 1 aliphatic carbocycles. The number of nitrogens with zero attached hydrogens (tertiary/aromatic N) is 1. The van der Waals surface area contributed by atoms with Crippen LogP contribution in [0.2, 0.25) is 10.0 Å². The number of pyridine rings is 1. The lowest BCUT2D eigenvalue weighted by Gasteiger charge is -2.25. The fraction of sp³-hybridized carbons (Fsp3) is 0.333. The van der Waals surface area contributed by atoms with E-state index in [0.29, 0.717) is 28.2 Å². The number of amides is 1. The van der Waals surface area contributed by atoms with Crippen LogP contribution in [-0.2, 0) is 6.18 Å². The third-order valence-corrected chi connectivity index (χ3v) is 4.80. The number of alkyl halides is 3. The first-order valence-corrected chi connectivity index (χ1v) is 9.06. The Morgan fingerprint density at radius 2 is 1.81 bits per heavy atom. The minimum atomic E-state index is -4.70. The number of aromatic nitrogens is 1. The highest BCUT2D eigenvalue weighted by Gasteiger charge is 2.36. The number of hydrogen-bond acceptors (Lipinski definition) is 3. The lowest BCUT2D eigenvalue weighted by molar-refractivity contribution is -0.137. The van der Waals surface area contributed by atoms with Crippen molar-refractivity contribution in [3.05, 3.63) is 51.6 Å². The van der Waals surface area contributed by atoms with E-state index < -0.39 is 23.2 Å². The molecule has 9 heteroatoms. The topological polar surface area (TPSA) is 54.0 Å². The van der Waals surface area contributed by atoms with Crippen molar-refractivity contribution in [1.82, 2.24) is 10.3 Å². The largest absolute Gasteiger partial charge is 0.417 e. The van der Waals surface area contributed by atoms with E-state index in [-0.39, 0.29) is 5.82 Å². The summed E-state index contributed by atoms with van der Waals surface area (Å²) in [5.41, 5.74) is -1.17. The van der Waals surface area contributed by atoms with Crippen molar-refractivity contribution in [2.45, 2.75) is 25.4 Å². The minimum Gasteiger partial charge on any atom is -0.352 e. The maximum Gasteiger partial charge on any atom is 0.417 e. The Bertz CT molecular complexity index is 834. The number of anilines is 2. The van der Waals surface area contributed by atoms with Crippen LogP contribution in [0.25, 0.3) is 0 Å². The Labute approximate surface area is 164 Å². The second kappa shape index (κ2) is 7.94. The van der Waals surface area contributed by atoms with Gasteiger partial charge in [-0.3, -0.25) is 4.79 Å². The van der Waals surface area contributed by atoms with Gasteiger partial charge in [-0.2, -0.15) is 13.2 Å². The van der Waals surface area contributed by atoms with Gasteiger partial charge in [0.1, 0.15) is 5.82 Å². The molecule has 27 heavy (non-hydrogen) atoms. The Hall–Kier alpha value is -1.99. The van der Waals surface area contributed by atoms with E-state index in [9.17, 15) is 18.0 Å². The number of hydrogen-bond donors (Lipinski definition) is 2. The molecular formula is C18H16Cl2F3N3O. The molecule has 0 unspecified atom stereocenters. The van der Waals surface area contributed by atoms with Gasteiger partial charge in [0.2, 0.25) is 0 Å². The zero-order chi connectivity index (χ0) is 19.6. The highest BCUT2D eigenvalue weighted by atomic mass is 35.5. The Morgan fingerprint density at radius 3 is 2.37 bits per heavy atom. The molecule has 1 heterocycles. The van der Waals surface area contributed by atoms with E-state index in [1.165, 1.54) is 18.2 Å². The maximum absolute atomic E-state index is 13.5. The van der Waals surface area contributed by atoms with Gasteiger partial charge < -0.3 is 10.6 Å². The Balaban J connectivity index is 1.83. The summed E-state index contributed by atoms with van der Waals surface area (Å²) < 4.78 is 40.4. The predicted molar refractivity (Wildman–Crippen MR) is 98.7 cm³/mol. The summed E-state index contributed by atoms with van der Waals surface area (Å²) in [6.07, 6.45) is -0.725. The van der Waals surface area contributed by atoms with Gasteiger partial charge >= 0.3 is 6.18 Å². The summed E-state index contributed by atoms with van der Waals surface area (Å²) in [6, 6.07) is 5.30. The van der Waals surface area contributed by atoms with Crippen molar-refractivity contribution in [3.63, 3.8) is 0 Å². The quantitative estimate of drug-likeness (QED) is 0.657. The maximum atomic E-state index is 13.5. The Morgan fingerprint density at radius 1 is 1.15 bits per heavy atom. The van der Waals surface area contributed by atoms with Crippen molar-refractivity contribution < 1.29 is 18.0 Å². The van der Waals surface area contributed by atoms with Gasteiger partial charge in [-0.25, -0.2) is 4.98 Å². The molecule has 1 saturated carbocycles. The second-order valence-electron chi connectivity index (χ2n) is 6.40. The van der Waals surface area contributed by atoms with Crippen molar-refractivity contribution in [2.75, 3.05) is 11.9 Å². The first-order chi connectivity index (χ1) is 12.7. The van der Waals surface area contributed by atoms with Crippen LogP contribution in [-0.4, -0.2) is 17.4 Å². The zero-order valence-electron chi connectivity index (χ0n) is 14.0. The first kappa shape index (κ1) is 19.8. The molecule has 0 atom stereocenters. The number of halogens is 5. The average molecular weight is 418 g/mol. The van der Waals surface area contributed by atoms with Gasteiger partial charge in [0.15, 0.2) is 0 Å². The molecule has 0 aliphatic heterocycles. The fourth-order valence-electron chi connectivity index (χ4n) is 2.74. The SMILES string of the molecule is O=C(NCC1CCC1)c1cnc(Nc2cc(Cl)cc(Cl)c2)cc1C(F)(F)F. The number of rotatable bonds is 5. The van der Waals surface area contributed by atoms with Crippen LogP contribution < -0.4 is 10.6 Å². The van der Waals surface area contributed by atoms with E-state index in [1.54, 1.807) is 0 Å². The predicted octanol–water partition coefficient (Wildman–Crippen LogP) is 5.68. The van der Waals surface area contributed by atoms with E-state index >= 15 is 0 Å². The zero-order valence-corrected chi connectivity index (χ0v) is 15.5. The number of carbonyl (C=O) groups excluding carboxylic acids is 1. The molecule has 2 N–H and O–H groups in total. The van der Waals surface area contributed by atoms with E-state index in [4.69, 9.17) is 23.2 Å². The molecule has 0 saturated heterocycles.